The van der Waals surface area contributed by atoms with Crippen molar-refractivity contribution in [2.45, 2.75) is 45.6 Å². The van der Waals surface area contributed by atoms with E-state index in [1.807, 2.05) is 19.9 Å². The van der Waals surface area contributed by atoms with Crippen molar-refractivity contribution in [2.24, 2.45) is 0 Å². The molecule has 0 aromatic heterocycles. The van der Waals surface area contributed by atoms with Crippen molar-refractivity contribution in [1.82, 2.24) is 5.32 Å². The standard InChI is InChI=1S/C14H21NO2/c1-4-8-14(2,3)15-13(17)10-11-6-5-7-12(16)9-11/h5-7,9,16H,4,8,10H2,1-3H3,(H,15,17). The summed E-state index contributed by atoms with van der Waals surface area (Å²) in [6, 6.07) is 6.80. The van der Waals surface area contributed by atoms with E-state index in [1.54, 1.807) is 18.2 Å². The van der Waals surface area contributed by atoms with Crippen molar-refractivity contribution in [3.8, 4) is 5.75 Å². The van der Waals surface area contributed by atoms with Crippen molar-refractivity contribution >= 4 is 5.91 Å². The molecule has 0 fully saturated rings. The van der Waals surface area contributed by atoms with Gasteiger partial charge in [-0.15, -0.1) is 0 Å². The molecule has 3 heteroatoms. The summed E-state index contributed by atoms with van der Waals surface area (Å²) in [4.78, 5) is 11.8. The number of hydrogen-bond donors (Lipinski definition) is 2. The summed E-state index contributed by atoms with van der Waals surface area (Å²) in [6.07, 6.45) is 2.31. The highest BCUT2D eigenvalue weighted by atomic mass is 16.3. The Morgan fingerprint density at radius 1 is 1.41 bits per heavy atom. The molecule has 1 amide bonds. The largest absolute Gasteiger partial charge is 0.508 e. The second-order valence-electron chi connectivity index (χ2n) is 5.03. The van der Waals surface area contributed by atoms with Crippen LogP contribution in [0.2, 0.25) is 0 Å². The second-order valence-corrected chi connectivity index (χ2v) is 5.03. The molecule has 0 radical (unpaired) electrons. The molecule has 94 valence electrons. The zero-order valence-corrected chi connectivity index (χ0v) is 10.8. The van der Waals surface area contributed by atoms with Gasteiger partial charge in [0.05, 0.1) is 6.42 Å². The third-order valence-electron chi connectivity index (χ3n) is 2.63. The van der Waals surface area contributed by atoms with Crippen LogP contribution in [-0.4, -0.2) is 16.6 Å². The predicted octanol–water partition coefficient (Wildman–Crippen LogP) is 2.63. The number of nitrogens with one attached hydrogen (secondary N) is 1. The summed E-state index contributed by atoms with van der Waals surface area (Å²) >= 11 is 0. The van der Waals surface area contributed by atoms with Crippen molar-refractivity contribution in [3.05, 3.63) is 29.8 Å². The summed E-state index contributed by atoms with van der Waals surface area (Å²) in [5.74, 6) is 0.192. The molecular weight excluding hydrogens is 214 g/mol. The van der Waals surface area contributed by atoms with Gasteiger partial charge in [-0.3, -0.25) is 4.79 Å². The van der Waals surface area contributed by atoms with Crippen molar-refractivity contribution in [1.29, 1.82) is 0 Å². The number of amides is 1. The smallest absolute Gasteiger partial charge is 0.224 e. The molecule has 17 heavy (non-hydrogen) atoms. The number of phenolic OH excluding ortho intramolecular Hbond substituents is 1. The first-order chi connectivity index (χ1) is 7.93. The molecule has 0 bridgehead atoms. The lowest BCUT2D eigenvalue weighted by Gasteiger charge is -2.25. The van der Waals surface area contributed by atoms with Crippen LogP contribution in [0.5, 0.6) is 5.75 Å². The summed E-state index contributed by atoms with van der Waals surface area (Å²) in [5, 5.41) is 12.3. The topological polar surface area (TPSA) is 49.3 Å². The predicted molar refractivity (Wildman–Crippen MR) is 68.9 cm³/mol. The lowest BCUT2D eigenvalue weighted by Crippen LogP contribution is -2.43. The maximum atomic E-state index is 11.8. The number of phenols is 1. The Bertz CT molecular complexity index is 386. The molecule has 0 heterocycles. The van der Waals surface area contributed by atoms with E-state index in [0.29, 0.717) is 6.42 Å². The van der Waals surface area contributed by atoms with Crippen LogP contribution in [-0.2, 0) is 11.2 Å². The van der Waals surface area contributed by atoms with Gasteiger partial charge in [-0.1, -0.05) is 25.5 Å². The third-order valence-corrected chi connectivity index (χ3v) is 2.63. The van der Waals surface area contributed by atoms with E-state index in [9.17, 15) is 9.90 Å². The van der Waals surface area contributed by atoms with Crippen LogP contribution in [0.15, 0.2) is 24.3 Å². The first-order valence-electron chi connectivity index (χ1n) is 6.02. The van der Waals surface area contributed by atoms with Crippen molar-refractivity contribution in [3.63, 3.8) is 0 Å². The second kappa shape index (κ2) is 5.71. The van der Waals surface area contributed by atoms with Gasteiger partial charge in [-0.25, -0.2) is 0 Å². The minimum absolute atomic E-state index is 0.00551. The highest BCUT2D eigenvalue weighted by molar-refractivity contribution is 5.79. The van der Waals surface area contributed by atoms with E-state index < -0.39 is 0 Å². The molecular formula is C14H21NO2. The van der Waals surface area contributed by atoms with Crippen molar-refractivity contribution in [2.75, 3.05) is 0 Å². The molecule has 0 saturated heterocycles. The fraction of sp³-hybridized carbons (Fsp3) is 0.500. The van der Waals surface area contributed by atoms with E-state index in [0.717, 1.165) is 18.4 Å². The Labute approximate surface area is 103 Å². The molecule has 0 saturated carbocycles. The first-order valence-corrected chi connectivity index (χ1v) is 6.02. The van der Waals surface area contributed by atoms with Gasteiger partial charge in [0.15, 0.2) is 0 Å². The molecule has 0 aliphatic carbocycles. The van der Waals surface area contributed by atoms with Gasteiger partial charge < -0.3 is 10.4 Å². The summed E-state index contributed by atoms with van der Waals surface area (Å²) in [6.45, 7) is 6.15. The van der Waals surface area contributed by atoms with Crippen LogP contribution in [0.4, 0.5) is 0 Å². The fourth-order valence-electron chi connectivity index (χ4n) is 1.96. The van der Waals surface area contributed by atoms with E-state index in [1.165, 1.54) is 0 Å². The maximum Gasteiger partial charge on any atom is 0.224 e. The van der Waals surface area contributed by atoms with Gasteiger partial charge in [0, 0.05) is 5.54 Å². The quantitative estimate of drug-likeness (QED) is 0.824. The van der Waals surface area contributed by atoms with Crippen LogP contribution in [0.25, 0.3) is 0 Å². The first kappa shape index (κ1) is 13.6. The van der Waals surface area contributed by atoms with E-state index >= 15 is 0 Å². The summed E-state index contributed by atoms with van der Waals surface area (Å²) in [7, 11) is 0. The SMILES string of the molecule is CCCC(C)(C)NC(=O)Cc1cccc(O)c1. The van der Waals surface area contributed by atoms with Gasteiger partial charge in [0.25, 0.3) is 0 Å². The van der Waals surface area contributed by atoms with Crippen LogP contribution < -0.4 is 5.32 Å². The Balaban J connectivity index is 2.55. The van der Waals surface area contributed by atoms with Gasteiger partial charge >= 0.3 is 0 Å². The highest BCUT2D eigenvalue weighted by Gasteiger charge is 2.19. The van der Waals surface area contributed by atoms with Gasteiger partial charge in [0.1, 0.15) is 5.75 Å². The van der Waals surface area contributed by atoms with Gasteiger partial charge in [0.2, 0.25) is 5.91 Å². The summed E-state index contributed by atoms with van der Waals surface area (Å²) in [5.41, 5.74) is 0.664. The molecule has 0 aliphatic heterocycles. The minimum atomic E-state index is -0.164. The molecule has 0 atom stereocenters. The fourth-order valence-corrected chi connectivity index (χ4v) is 1.96. The lowest BCUT2D eigenvalue weighted by atomic mass is 9.98. The molecule has 0 spiro atoms. The summed E-state index contributed by atoms with van der Waals surface area (Å²) < 4.78 is 0. The molecule has 1 aromatic carbocycles. The molecule has 1 rings (SSSR count). The van der Waals surface area contributed by atoms with Crippen LogP contribution in [0.1, 0.15) is 39.2 Å². The van der Waals surface area contributed by atoms with Crippen LogP contribution in [0, 0.1) is 0 Å². The average Bonchev–Trinajstić information content (AvgIpc) is 2.15. The number of benzene rings is 1. The van der Waals surface area contributed by atoms with E-state index in [-0.39, 0.29) is 17.2 Å². The Morgan fingerprint density at radius 2 is 2.12 bits per heavy atom. The third kappa shape index (κ3) is 4.89. The zero-order valence-electron chi connectivity index (χ0n) is 10.8. The Morgan fingerprint density at radius 3 is 2.71 bits per heavy atom. The van der Waals surface area contributed by atoms with Crippen LogP contribution >= 0.6 is 0 Å². The molecule has 2 N–H and O–H groups in total. The molecule has 1 aromatic rings. The monoisotopic (exact) mass is 235 g/mol. The average molecular weight is 235 g/mol. The lowest BCUT2D eigenvalue weighted by molar-refractivity contribution is -0.122. The highest BCUT2D eigenvalue weighted by Crippen LogP contribution is 2.13. The maximum absolute atomic E-state index is 11.8. The number of hydrogen-bond acceptors (Lipinski definition) is 2. The Hall–Kier alpha value is -1.51. The number of rotatable bonds is 5. The number of carbonyl (C=O) groups excluding carboxylic acids is 1. The molecule has 0 unspecified atom stereocenters. The molecule has 3 nitrogen and oxygen atoms in total. The van der Waals surface area contributed by atoms with Gasteiger partial charge in [-0.2, -0.15) is 0 Å². The number of carbonyl (C=O) groups is 1. The zero-order chi connectivity index (χ0) is 12.9. The van der Waals surface area contributed by atoms with Crippen molar-refractivity contribution < 1.29 is 9.90 Å². The molecule has 0 aliphatic rings. The van der Waals surface area contributed by atoms with E-state index in [2.05, 4.69) is 12.2 Å². The van der Waals surface area contributed by atoms with E-state index in [4.69, 9.17) is 0 Å². The van der Waals surface area contributed by atoms with Gasteiger partial charge in [-0.05, 0) is 38.0 Å². The van der Waals surface area contributed by atoms with Crippen LogP contribution in [0.3, 0.4) is 0 Å². The normalized spacial score (nSPS) is 11.2. The number of aromatic hydroxyl groups is 1. The Kier molecular flexibility index (Phi) is 4.55. The minimum Gasteiger partial charge on any atom is -0.508 e.